The van der Waals surface area contributed by atoms with Gasteiger partial charge >= 0.3 is 0 Å². The molecule has 0 spiro atoms. The first-order valence-corrected chi connectivity index (χ1v) is 6.51. The van der Waals surface area contributed by atoms with Crippen LogP contribution >= 0.6 is 0 Å². The zero-order valence-electron chi connectivity index (χ0n) is 11.1. The molecule has 1 fully saturated rings. The molecule has 1 atom stereocenters. The van der Waals surface area contributed by atoms with Gasteiger partial charge in [0.25, 0.3) is 0 Å². The van der Waals surface area contributed by atoms with E-state index >= 15 is 0 Å². The molecule has 2 rings (SSSR count). The van der Waals surface area contributed by atoms with Gasteiger partial charge in [0.05, 0.1) is 17.9 Å². The summed E-state index contributed by atoms with van der Waals surface area (Å²) in [5.41, 5.74) is 2.98. The Morgan fingerprint density at radius 2 is 2.33 bits per heavy atom. The fourth-order valence-corrected chi connectivity index (χ4v) is 2.69. The molecule has 1 unspecified atom stereocenters. The summed E-state index contributed by atoms with van der Waals surface area (Å²) < 4.78 is 5.51. The van der Waals surface area contributed by atoms with E-state index in [0.717, 1.165) is 43.0 Å². The van der Waals surface area contributed by atoms with E-state index in [1.165, 1.54) is 6.42 Å². The van der Waals surface area contributed by atoms with Crippen molar-refractivity contribution >= 4 is 5.69 Å². The largest absolute Gasteiger partial charge is 0.381 e. The molecule has 1 aliphatic heterocycles. The van der Waals surface area contributed by atoms with Crippen LogP contribution in [0.4, 0.5) is 5.69 Å². The molecule has 3 nitrogen and oxygen atoms in total. The summed E-state index contributed by atoms with van der Waals surface area (Å²) >= 11 is 0. The smallest absolute Gasteiger partial charge is 0.101 e. The van der Waals surface area contributed by atoms with Gasteiger partial charge in [-0.05, 0) is 37.3 Å². The van der Waals surface area contributed by atoms with Crippen LogP contribution in [-0.2, 0) is 4.74 Å². The van der Waals surface area contributed by atoms with Crippen molar-refractivity contribution in [3.63, 3.8) is 0 Å². The SMILES string of the molecule is Cc1cccc(C#N)c1N(C)CC1CCCOC1. The number of aryl methyl sites for hydroxylation is 1. The summed E-state index contributed by atoms with van der Waals surface area (Å²) in [6.07, 6.45) is 2.37. The van der Waals surface area contributed by atoms with Crippen LogP contribution in [0, 0.1) is 24.2 Å². The summed E-state index contributed by atoms with van der Waals surface area (Å²) in [6.45, 7) is 4.76. The molecule has 1 aromatic carbocycles. The topological polar surface area (TPSA) is 36.3 Å². The van der Waals surface area contributed by atoms with E-state index in [4.69, 9.17) is 4.74 Å². The van der Waals surface area contributed by atoms with Crippen molar-refractivity contribution in [2.75, 3.05) is 31.7 Å². The summed E-state index contributed by atoms with van der Waals surface area (Å²) in [5.74, 6) is 0.579. The second-order valence-corrected chi connectivity index (χ2v) is 5.05. The predicted molar refractivity (Wildman–Crippen MR) is 72.7 cm³/mol. The van der Waals surface area contributed by atoms with Gasteiger partial charge in [-0.1, -0.05) is 12.1 Å². The molecule has 0 aliphatic carbocycles. The molecule has 0 N–H and O–H groups in total. The lowest BCUT2D eigenvalue weighted by Gasteiger charge is -2.29. The summed E-state index contributed by atoms with van der Waals surface area (Å²) in [7, 11) is 2.07. The Hall–Kier alpha value is -1.53. The van der Waals surface area contributed by atoms with E-state index < -0.39 is 0 Å². The minimum atomic E-state index is 0.579. The van der Waals surface area contributed by atoms with Crippen molar-refractivity contribution in [3.8, 4) is 6.07 Å². The van der Waals surface area contributed by atoms with Gasteiger partial charge in [-0.3, -0.25) is 0 Å². The second-order valence-electron chi connectivity index (χ2n) is 5.05. The average Bonchev–Trinajstić information content (AvgIpc) is 2.39. The monoisotopic (exact) mass is 244 g/mol. The molecule has 3 heteroatoms. The Labute approximate surface area is 109 Å². The predicted octanol–water partition coefficient (Wildman–Crippen LogP) is 2.73. The number of hydrogen-bond acceptors (Lipinski definition) is 3. The molecule has 18 heavy (non-hydrogen) atoms. The lowest BCUT2D eigenvalue weighted by Crippen LogP contribution is -2.31. The fourth-order valence-electron chi connectivity index (χ4n) is 2.69. The lowest BCUT2D eigenvalue weighted by atomic mass is 10.0. The van der Waals surface area contributed by atoms with E-state index in [1.807, 2.05) is 12.1 Å². The second kappa shape index (κ2) is 5.88. The maximum absolute atomic E-state index is 9.20. The van der Waals surface area contributed by atoms with Crippen LogP contribution in [0.25, 0.3) is 0 Å². The number of benzene rings is 1. The normalized spacial score (nSPS) is 19.3. The number of nitriles is 1. The average molecular weight is 244 g/mol. The van der Waals surface area contributed by atoms with Crippen LogP contribution in [0.1, 0.15) is 24.0 Å². The number of anilines is 1. The third-order valence-electron chi connectivity index (χ3n) is 3.53. The summed E-state index contributed by atoms with van der Waals surface area (Å²) in [6, 6.07) is 8.17. The number of hydrogen-bond donors (Lipinski definition) is 0. The van der Waals surface area contributed by atoms with Gasteiger partial charge in [0.2, 0.25) is 0 Å². The van der Waals surface area contributed by atoms with Gasteiger partial charge in [-0.2, -0.15) is 5.26 Å². The van der Waals surface area contributed by atoms with Crippen molar-refractivity contribution in [2.24, 2.45) is 5.92 Å². The standard InChI is InChI=1S/C15H20N2O/c1-12-5-3-7-14(9-16)15(12)17(2)10-13-6-4-8-18-11-13/h3,5,7,13H,4,6,8,10-11H2,1-2H3. The zero-order valence-corrected chi connectivity index (χ0v) is 11.1. The first kappa shape index (κ1) is 12.9. The van der Waals surface area contributed by atoms with Crippen molar-refractivity contribution in [3.05, 3.63) is 29.3 Å². The van der Waals surface area contributed by atoms with Crippen molar-refractivity contribution in [1.29, 1.82) is 5.26 Å². The van der Waals surface area contributed by atoms with Gasteiger partial charge in [0, 0.05) is 20.2 Å². The Morgan fingerprint density at radius 3 is 3.00 bits per heavy atom. The molecule has 0 saturated carbocycles. The Kier molecular flexibility index (Phi) is 4.22. The highest BCUT2D eigenvalue weighted by atomic mass is 16.5. The minimum absolute atomic E-state index is 0.579. The third kappa shape index (κ3) is 2.83. The van der Waals surface area contributed by atoms with Crippen LogP contribution in [0.3, 0.4) is 0 Å². The maximum Gasteiger partial charge on any atom is 0.101 e. The lowest BCUT2D eigenvalue weighted by molar-refractivity contribution is 0.0576. The number of nitrogens with zero attached hydrogens (tertiary/aromatic N) is 2. The Bertz CT molecular complexity index is 444. The van der Waals surface area contributed by atoms with Crippen LogP contribution in [0.5, 0.6) is 0 Å². The number of para-hydroxylation sites is 1. The van der Waals surface area contributed by atoms with Gasteiger partial charge < -0.3 is 9.64 Å². The quantitative estimate of drug-likeness (QED) is 0.820. The van der Waals surface area contributed by atoms with E-state index in [9.17, 15) is 5.26 Å². The van der Waals surface area contributed by atoms with Gasteiger partial charge in [0.15, 0.2) is 0 Å². The van der Waals surface area contributed by atoms with Crippen molar-refractivity contribution < 1.29 is 4.74 Å². The minimum Gasteiger partial charge on any atom is -0.381 e. The van der Waals surface area contributed by atoms with Crippen LogP contribution in [0.15, 0.2) is 18.2 Å². The van der Waals surface area contributed by atoms with Crippen molar-refractivity contribution in [1.82, 2.24) is 0 Å². The summed E-state index contributed by atoms with van der Waals surface area (Å²) in [5, 5.41) is 9.20. The number of ether oxygens (including phenoxy) is 1. The summed E-state index contributed by atoms with van der Waals surface area (Å²) in [4.78, 5) is 2.20. The third-order valence-corrected chi connectivity index (χ3v) is 3.53. The fraction of sp³-hybridized carbons (Fsp3) is 0.533. The highest BCUT2D eigenvalue weighted by molar-refractivity contribution is 5.63. The first-order chi connectivity index (χ1) is 8.72. The van der Waals surface area contributed by atoms with Crippen LogP contribution < -0.4 is 4.90 Å². The van der Waals surface area contributed by atoms with Gasteiger partial charge in [-0.15, -0.1) is 0 Å². The Balaban J connectivity index is 2.13. The molecule has 0 radical (unpaired) electrons. The van der Waals surface area contributed by atoms with E-state index in [0.29, 0.717) is 5.92 Å². The number of rotatable bonds is 3. The van der Waals surface area contributed by atoms with E-state index in [1.54, 1.807) is 0 Å². The highest BCUT2D eigenvalue weighted by Crippen LogP contribution is 2.25. The van der Waals surface area contributed by atoms with E-state index in [-0.39, 0.29) is 0 Å². The molecule has 1 saturated heterocycles. The maximum atomic E-state index is 9.20. The Morgan fingerprint density at radius 1 is 1.50 bits per heavy atom. The molecule has 0 aromatic heterocycles. The molecular formula is C15H20N2O. The molecule has 1 aromatic rings. The first-order valence-electron chi connectivity index (χ1n) is 6.51. The van der Waals surface area contributed by atoms with Gasteiger partial charge in [-0.25, -0.2) is 0 Å². The molecule has 96 valence electrons. The molecular weight excluding hydrogens is 224 g/mol. The molecule has 0 bridgehead atoms. The van der Waals surface area contributed by atoms with Gasteiger partial charge in [0.1, 0.15) is 6.07 Å². The highest BCUT2D eigenvalue weighted by Gasteiger charge is 2.18. The van der Waals surface area contributed by atoms with Crippen LogP contribution in [-0.4, -0.2) is 26.8 Å². The van der Waals surface area contributed by atoms with E-state index in [2.05, 4.69) is 31.0 Å². The molecule has 1 heterocycles. The van der Waals surface area contributed by atoms with Crippen LogP contribution in [0.2, 0.25) is 0 Å². The molecule has 1 aliphatic rings. The zero-order chi connectivity index (χ0) is 13.0. The van der Waals surface area contributed by atoms with Crippen molar-refractivity contribution in [2.45, 2.75) is 19.8 Å². The molecule has 0 amide bonds.